The molecule has 1 aromatic carbocycles. The highest BCUT2D eigenvalue weighted by molar-refractivity contribution is 6.31. The molecule has 0 bridgehead atoms. The van der Waals surface area contributed by atoms with Gasteiger partial charge in [-0.3, -0.25) is 4.79 Å². The number of rotatable bonds is 5. The molecular weight excluding hydrogens is 289 g/mol. The van der Waals surface area contributed by atoms with Crippen LogP contribution >= 0.6 is 11.6 Å². The van der Waals surface area contributed by atoms with Crippen LogP contribution in [0, 0.1) is 12.7 Å². The topological polar surface area (TPSA) is 22.0 Å². The zero-order chi connectivity index (χ0) is 15.6. The van der Waals surface area contributed by atoms with E-state index < -0.39 is 0 Å². The second-order valence-electron chi connectivity index (χ2n) is 5.47. The van der Waals surface area contributed by atoms with E-state index in [1.54, 1.807) is 12.1 Å². The van der Waals surface area contributed by atoms with Crippen LogP contribution in [0.1, 0.15) is 47.9 Å². The molecule has 0 saturated carbocycles. The van der Waals surface area contributed by atoms with E-state index in [0.717, 1.165) is 5.56 Å². The minimum Gasteiger partial charge on any atom is -0.342 e. The highest BCUT2D eigenvalue weighted by atomic mass is 35.5. The van der Waals surface area contributed by atoms with E-state index in [9.17, 15) is 9.18 Å². The van der Waals surface area contributed by atoms with Gasteiger partial charge in [0.05, 0.1) is 5.69 Å². The Morgan fingerprint density at radius 1 is 1.33 bits per heavy atom. The van der Waals surface area contributed by atoms with E-state index in [4.69, 9.17) is 11.6 Å². The number of nitrogens with zero attached hydrogens (tertiary/aromatic N) is 1. The first-order valence-corrected chi connectivity index (χ1v) is 7.43. The molecule has 2 rings (SSSR count). The SMILES string of the molecule is Cc1ccn(C(C)C)c1C(=O)CCc1c(F)cccc1Cl. The van der Waals surface area contributed by atoms with Gasteiger partial charge >= 0.3 is 0 Å². The Morgan fingerprint density at radius 3 is 2.67 bits per heavy atom. The molecule has 112 valence electrons. The maximum Gasteiger partial charge on any atom is 0.179 e. The number of hydrogen-bond acceptors (Lipinski definition) is 1. The van der Waals surface area contributed by atoms with Gasteiger partial charge in [0.15, 0.2) is 5.78 Å². The molecule has 0 amide bonds. The summed E-state index contributed by atoms with van der Waals surface area (Å²) in [7, 11) is 0. The summed E-state index contributed by atoms with van der Waals surface area (Å²) < 4.78 is 15.7. The minimum atomic E-state index is -0.355. The zero-order valence-corrected chi connectivity index (χ0v) is 13.2. The van der Waals surface area contributed by atoms with Crippen LogP contribution < -0.4 is 0 Å². The van der Waals surface area contributed by atoms with Crippen LogP contribution in [-0.4, -0.2) is 10.4 Å². The summed E-state index contributed by atoms with van der Waals surface area (Å²) in [6.07, 6.45) is 2.48. The van der Waals surface area contributed by atoms with Crippen molar-refractivity contribution < 1.29 is 9.18 Å². The summed E-state index contributed by atoms with van der Waals surface area (Å²) in [5.41, 5.74) is 2.07. The van der Waals surface area contributed by atoms with Gasteiger partial charge in [-0.15, -0.1) is 0 Å². The van der Waals surface area contributed by atoms with Crippen LogP contribution in [0.3, 0.4) is 0 Å². The van der Waals surface area contributed by atoms with Crippen LogP contribution in [-0.2, 0) is 6.42 Å². The lowest BCUT2D eigenvalue weighted by Gasteiger charge is -2.13. The summed E-state index contributed by atoms with van der Waals surface area (Å²) in [4.78, 5) is 12.5. The van der Waals surface area contributed by atoms with E-state index in [1.165, 1.54) is 6.07 Å². The van der Waals surface area contributed by atoms with Gasteiger partial charge in [0.2, 0.25) is 0 Å². The summed E-state index contributed by atoms with van der Waals surface area (Å²) in [6, 6.07) is 6.73. The van der Waals surface area contributed by atoms with Crippen molar-refractivity contribution in [2.45, 2.75) is 39.7 Å². The maximum atomic E-state index is 13.7. The number of aryl methyl sites for hydroxylation is 1. The Balaban J connectivity index is 2.18. The van der Waals surface area contributed by atoms with E-state index in [2.05, 4.69) is 0 Å². The molecule has 4 heteroatoms. The molecule has 0 spiro atoms. The average Bonchev–Trinajstić information content (AvgIpc) is 2.80. The number of ketones is 1. The van der Waals surface area contributed by atoms with Crippen molar-refractivity contribution in [2.24, 2.45) is 0 Å². The summed E-state index contributed by atoms with van der Waals surface area (Å²) in [5, 5.41) is 0.374. The Labute approximate surface area is 129 Å². The van der Waals surface area contributed by atoms with Gasteiger partial charge in [-0.25, -0.2) is 4.39 Å². The Hall–Kier alpha value is -1.61. The highest BCUT2D eigenvalue weighted by Crippen LogP contribution is 2.23. The second kappa shape index (κ2) is 6.44. The number of carbonyl (C=O) groups excluding carboxylic acids is 1. The van der Waals surface area contributed by atoms with Crippen LogP contribution in [0.5, 0.6) is 0 Å². The molecular formula is C17H19ClFNO. The maximum absolute atomic E-state index is 13.7. The average molecular weight is 308 g/mol. The molecule has 0 fully saturated rings. The Morgan fingerprint density at radius 2 is 2.05 bits per heavy atom. The molecule has 21 heavy (non-hydrogen) atoms. The molecule has 0 radical (unpaired) electrons. The van der Waals surface area contributed by atoms with E-state index in [1.807, 2.05) is 37.6 Å². The zero-order valence-electron chi connectivity index (χ0n) is 12.5. The molecule has 0 saturated heterocycles. The number of Topliss-reactive ketones (excluding diaryl/α,β-unsaturated/α-hetero) is 1. The predicted molar refractivity (Wildman–Crippen MR) is 83.6 cm³/mol. The quantitative estimate of drug-likeness (QED) is 0.714. The summed E-state index contributed by atoms with van der Waals surface area (Å²) in [6.45, 7) is 5.98. The molecule has 0 aliphatic rings. The van der Waals surface area contributed by atoms with Crippen molar-refractivity contribution in [1.29, 1.82) is 0 Å². The summed E-state index contributed by atoms with van der Waals surface area (Å²) >= 11 is 5.99. The van der Waals surface area contributed by atoms with Crippen LogP contribution in [0.4, 0.5) is 4.39 Å². The molecule has 0 aliphatic carbocycles. The first-order chi connectivity index (χ1) is 9.91. The van der Waals surface area contributed by atoms with Crippen molar-refractivity contribution in [1.82, 2.24) is 4.57 Å². The molecule has 0 atom stereocenters. The lowest BCUT2D eigenvalue weighted by atomic mass is 10.0. The van der Waals surface area contributed by atoms with Crippen molar-refractivity contribution in [3.05, 3.63) is 58.1 Å². The van der Waals surface area contributed by atoms with Gasteiger partial charge in [-0.2, -0.15) is 0 Å². The molecule has 0 unspecified atom stereocenters. The molecule has 0 aliphatic heterocycles. The van der Waals surface area contributed by atoms with Crippen molar-refractivity contribution >= 4 is 17.4 Å². The normalized spacial score (nSPS) is 11.1. The first-order valence-electron chi connectivity index (χ1n) is 7.05. The summed E-state index contributed by atoms with van der Waals surface area (Å²) in [5.74, 6) is -0.336. The standard InChI is InChI=1S/C17H19ClFNO/c1-11(2)20-10-9-12(3)17(20)16(21)8-7-13-14(18)5-4-6-15(13)19/h4-6,9-11H,7-8H2,1-3H3. The number of halogens is 2. The lowest BCUT2D eigenvalue weighted by Crippen LogP contribution is -2.12. The molecule has 2 nitrogen and oxygen atoms in total. The van der Waals surface area contributed by atoms with Gasteiger partial charge in [-0.05, 0) is 51.0 Å². The minimum absolute atomic E-state index is 0.0190. The number of hydrogen-bond donors (Lipinski definition) is 0. The van der Waals surface area contributed by atoms with Gasteiger partial charge in [0.25, 0.3) is 0 Å². The largest absolute Gasteiger partial charge is 0.342 e. The molecule has 2 aromatic rings. The fourth-order valence-corrected chi connectivity index (χ4v) is 2.73. The van der Waals surface area contributed by atoms with E-state index >= 15 is 0 Å². The third kappa shape index (κ3) is 3.35. The fraction of sp³-hybridized carbons (Fsp3) is 0.353. The second-order valence-corrected chi connectivity index (χ2v) is 5.88. The number of aromatic nitrogens is 1. The third-order valence-corrected chi connectivity index (χ3v) is 3.96. The van der Waals surface area contributed by atoms with E-state index in [-0.39, 0.29) is 24.1 Å². The van der Waals surface area contributed by atoms with Gasteiger partial charge in [0.1, 0.15) is 5.82 Å². The smallest absolute Gasteiger partial charge is 0.179 e. The van der Waals surface area contributed by atoms with Crippen molar-refractivity contribution in [3.8, 4) is 0 Å². The van der Waals surface area contributed by atoms with Crippen LogP contribution in [0.2, 0.25) is 5.02 Å². The monoisotopic (exact) mass is 307 g/mol. The van der Waals surface area contributed by atoms with Crippen LogP contribution in [0.15, 0.2) is 30.5 Å². The molecule has 0 N–H and O–H groups in total. The van der Waals surface area contributed by atoms with Gasteiger partial charge < -0.3 is 4.57 Å². The molecule has 1 heterocycles. The lowest BCUT2D eigenvalue weighted by molar-refractivity contribution is 0.0971. The van der Waals surface area contributed by atoms with Gasteiger partial charge in [-0.1, -0.05) is 17.7 Å². The van der Waals surface area contributed by atoms with E-state index in [0.29, 0.717) is 22.7 Å². The first kappa shape index (κ1) is 15.8. The molecule has 1 aromatic heterocycles. The van der Waals surface area contributed by atoms with Gasteiger partial charge in [0, 0.05) is 29.2 Å². The number of benzene rings is 1. The Kier molecular flexibility index (Phi) is 4.84. The number of carbonyl (C=O) groups is 1. The fourth-order valence-electron chi connectivity index (χ4n) is 2.47. The van der Waals surface area contributed by atoms with Crippen LogP contribution in [0.25, 0.3) is 0 Å². The van der Waals surface area contributed by atoms with Crippen molar-refractivity contribution in [3.63, 3.8) is 0 Å². The third-order valence-electron chi connectivity index (χ3n) is 3.60. The Bertz CT molecular complexity index is 641. The highest BCUT2D eigenvalue weighted by Gasteiger charge is 2.17. The van der Waals surface area contributed by atoms with Crippen molar-refractivity contribution in [2.75, 3.05) is 0 Å². The predicted octanol–water partition coefficient (Wildman–Crippen LogP) is 4.99.